The summed E-state index contributed by atoms with van der Waals surface area (Å²) in [5.74, 6) is 1.54. The fourth-order valence-electron chi connectivity index (χ4n) is 2.19. The Bertz CT molecular complexity index is 709. The number of hydrogen-bond acceptors (Lipinski definition) is 4. The molecule has 0 saturated heterocycles. The Morgan fingerprint density at radius 2 is 2.21 bits per heavy atom. The first-order valence-corrected chi connectivity index (χ1v) is 8.99. The Kier molecular flexibility index (Phi) is 6.61. The van der Waals surface area contributed by atoms with Crippen LogP contribution in [0.3, 0.4) is 0 Å². The molecule has 0 atom stereocenters. The monoisotopic (exact) mass is 344 g/mol. The molecule has 24 heavy (non-hydrogen) atoms. The fraction of sp³-hybridized carbons (Fsp3) is 0.389. The van der Waals surface area contributed by atoms with E-state index in [0.29, 0.717) is 13.1 Å². The number of benzene rings is 1. The maximum absolute atomic E-state index is 11.7. The largest absolute Gasteiger partial charge is 0.349 e. The lowest BCUT2D eigenvalue weighted by molar-refractivity contribution is -0.124. The van der Waals surface area contributed by atoms with Crippen LogP contribution in [0.1, 0.15) is 30.8 Å². The number of carbonyl (C=O) groups is 1. The fourth-order valence-corrected chi connectivity index (χ4v) is 3.10. The summed E-state index contributed by atoms with van der Waals surface area (Å²) in [5, 5.41) is 12.2. The van der Waals surface area contributed by atoms with E-state index >= 15 is 0 Å². The van der Waals surface area contributed by atoms with E-state index in [1.165, 1.54) is 11.1 Å². The number of allylic oxidation sites excluding steroid dienone is 1. The molecule has 0 bridgehead atoms. The first-order valence-electron chi connectivity index (χ1n) is 8.00. The molecule has 0 saturated carbocycles. The van der Waals surface area contributed by atoms with Crippen molar-refractivity contribution in [3.05, 3.63) is 53.9 Å². The molecule has 0 fully saturated rings. The predicted molar refractivity (Wildman–Crippen MR) is 97.6 cm³/mol. The van der Waals surface area contributed by atoms with E-state index in [1.807, 2.05) is 24.5 Å². The quantitative estimate of drug-likeness (QED) is 0.589. The van der Waals surface area contributed by atoms with Gasteiger partial charge in [0.25, 0.3) is 0 Å². The second-order valence-corrected chi connectivity index (χ2v) is 6.89. The molecule has 6 heteroatoms. The Labute approximate surface area is 147 Å². The molecule has 2 rings (SSSR count). The zero-order valence-electron chi connectivity index (χ0n) is 14.5. The predicted octanol–water partition coefficient (Wildman–Crippen LogP) is 3.34. The van der Waals surface area contributed by atoms with Gasteiger partial charge in [0, 0.05) is 18.2 Å². The van der Waals surface area contributed by atoms with Crippen molar-refractivity contribution in [2.75, 3.05) is 0 Å². The van der Waals surface area contributed by atoms with Crippen LogP contribution in [0.2, 0.25) is 0 Å². The van der Waals surface area contributed by atoms with Crippen LogP contribution in [-0.2, 0) is 23.6 Å². The van der Waals surface area contributed by atoms with Crippen LogP contribution in [0.15, 0.2) is 42.1 Å². The van der Waals surface area contributed by atoms with Crippen LogP contribution < -0.4 is 5.32 Å². The first-order chi connectivity index (χ1) is 11.5. The van der Waals surface area contributed by atoms with Gasteiger partial charge in [0.05, 0.1) is 6.54 Å². The number of thioether (sulfide) groups is 1. The zero-order valence-corrected chi connectivity index (χ0v) is 15.3. The molecule has 5 nitrogen and oxygen atoms in total. The van der Waals surface area contributed by atoms with E-state index in [0.717, 1.165) is 16.7 Å². The van der Waals surface area contributed by atoms with Crippen molar-refractivity contribution in [1.82, 2.24) is 20.1 Å². The molecule has 0 aliphatic rings. The third-order valence-electron chi connectivity index (χ3n) is 3.50. The minimum atomic E-state index is -0.0454. The highest BCUT2D eigenvalue weighted by molar-refractivity contribution is 7.98. The van der Waals surface area contributed by atoms with Gasteiger partial charge in [-0.3, -0.25) is 4.79 Å². The van der Waals surface area contributed by atoms with Gasteiger partial charge in [0.15, 0.2) is 11.0 Å². The number of aryl methyl sites for hydroxylation is 1. The molecule has 0 radical (unpaired) electrons. The molecule has 0 unspecified atom stereocenters. The highest BCUT2D eigenvalue weighted by atomic mass is 32.2. The number of carbonyl (C=O) groups excluding carboxylic acids is 1. The summed E-state index contributed by atoms with van der Waals surface area (Å²) in [6, 6.07) is 8.43. The summed E-state index contributed by atoms with van der Waals surface area (Å²) in [5.41, 5.74) is 2.50. The molecular formula is C18H24N4OS. The van der Waals surface area contributed by atoms with Crippen LogP contribution >= 0.6 is 11.8 Å². The lowest BCUT2D eigenvalue weighted by Crippen LogP contribution is -2.28. The number of nitrogens with one attached hydrogen (secondary N) is 1. The van der Waals surface area contributed by atoms with Gasteiger partial charge < -0.3 is 9.88 Å². The van der Waals surface area contributed by atoms with Gasteiger partial charge in [-0.15, -0.1) is 16.8 Å². The summed E-state index contributed by atoms with van der Waals surface area (Å²) in [6.07, 6.45) is 1.81. The van der Waals surface area contributed by atoms with E-state index in [-0.39, 0.29) is 11.8 Å². The number of hydrogen-bond donors (Lipinski definition) is 1. The first kappa shape index (κ1) is 18.3. The third-order valence-corrected chi connectivity index (χ3v) is 4.54. The molecular weight excluding hydrogens is 320 g/mol. The molecule has 0 aliphatic heterocycles. The van der Waals surface area contributed by atoms with Crippen LogP contribution in [0.25, 0.3) is 0 Å². The van der Waals surface area contributed by atoms with Crippen molar-refractivity contribution in [1.29, 1.82) is 0 Å². The number of amides is 1. The molecule has 0 spiro atoms. The van der Waals surface area contributed by atoms with Crippen molar-refractivity contribution in [3.8, 4) is 0 Å². The maximum atomic E-state index is 11.7. The second kappa shape index (κ2) is 8.68. The summed E-state index contributed by atoms with van der Waals surface area (Å²) in [7, 11) is 0. The average Bonchev–Trinajstić information content (AvgIpc) is 2.93. The highest BCUT2D eigenvalue weighted by Gasteiger charge is 2.14. The molecule has 1 heterocycles. The molecule has 0 aliphatic carbocycles. The Morgan fingerprint density at radius 1 is 1.42 bits per heavy atom. The highest BCUT2D eigenvalue weighted by Crippen LogP contribution is 2.22. The van der Waals surface area contributed by atoms with Crippen molar-refractivity contribution in [2.45, 2.75) is 44.8 Å². The van der Waals surface area contributed by atoms with Crippen molar-refractivity contribution in [2.24, 2.45) is 5.92 Å². The number of aromatic nitrogens is 3. The number of nitrogens with zero attached hydrogens (tertiary/aromatic N) is 3. The zero-order chi connectivity index (χ0) is 17.5. The summed E-state index contributed by atoms with van der Waals surface area (Å²) in [6.45, 7) is 10.6. The summed E-state index contributed by atoms with van der Waals surface area (Å²) >= 11 is 1.64. The molecule has 1 amide bonds. The lowest BCUT2D eigenvalue weighted by Gasteiger charge is -2.10. The molecule has 128 valence electrons. The summed E-state index contributed by atoms with van der Waals surface area (Å²) in [4.78, 5) is 11.7. The molecule has 1 aromatic heterocycles. The van der Waals surface area contributed by atoms with Crippen LogP contribution in [-0.4, -0.2) is 20.7 Å². The van der Waals surface area contributed by atoms with Gasteiger partial charge in [-0.2, -0.15) is 0 Å². The van der Waals surface area contributed by atoms with Crippen molar-refractivity contribution >= 4 is 17.7 Å². The SMILES string of the molecule is C=CCn1c(CNC(=O)C(C)C)nnc1SCc1cccc(C)c1. The van der Waals surface area contributed by atoms with Crippen molar-refractivity contribution < 1.29 is 4.79 Å². The van der Waals surface area contributed by atoms with E-state index in [2.05, 4.69) is 53.3 Å². The van der Waals surface area contributed by atoms with E-state index in [1.54, 1.807) is 11.8 Å². The number of rotatable bonds is 8. The van der Waals surface area contributed by atoms with E-state index < -0.39 is 0 Å². The topological polar surface area (TPSA) is 59.8 Å². The van der Waals surface area contributed by atoms with Gasteiger partial charge in [-0.1, -0.05) is 61.5 Å². The standard InChI is InChI=1S/C18H24N4OS/c1-5-9-22-16(11-19-17(23)13(2)3)20-21-18(22)24-12-15-8-6-7-14(4)10-15/h5-8,10,13H,1,9,11-12H2,2-4H3,(H,19,23). The van der Waals surface area contributed by atoms with Gasteiger partial charge in [-0.05, 0) is 12.5 Å². The third kappa shape index (κ3) is 4.96. The minimum absolute atomic E-state index is 0.0112. The van der Waals surface area contributed by atoms with Crippen molar-refractivity contribution in [3.63, 3.8) is 0 Å². The van der Waals surface area contributed by atoms with Gasteiger partial charge in [-0.25, -0.2) is 0 Å². The van der Waals surface area contributed by atoms with Gasteiger partial charge >= 0.3 is 0 Å². The van der Waals surface area contributed by atoms with E-state index in [4.69, 9.17) is 0 Å². The minimum Gasteiger partial charge on any atom is -0.349 e. The summed E-state index contributed by atoms with van der Waals surface area (Å²) < 4.78 is 1.99. The Morgan fingerprint density at radius 3 is 2.88 bits per heavy atom. The molecule has 1 aromatic carbocycles. The van der Waals surface area contributed by atoms with Gasteiger partial charge in [0.2, 0.25) is 5.91 Å². The van der Waals surface area contributed by atoms with Crippen LogP contribution in [0.5, 0.6) is 0 Å². The lowest BCUT2D eigenvalue weighted by atomic mass is 10.2. The molecule has 1 N–H and O–H groups in total. The smallest absolute Gasteiger partial charge is 0.222 e. The Hall–Kier alpha value is -2.08. The normalized spacial score (nSPS) is 10.8. The van der Waals surface area contributed by atoms with Gasteiger partial charge in [0.1, 0.15) is 0 Å². The molecule has 2 aromatic rings. The Balaban J connectivity index is 2.06. The van der Waals surface area contributed by atoms with Crippen LogP contribution in [0, 0.1) is 12.8 Å². The maximum Gasteiger partial charge on any atom is 0.222 e. The second-order valence-electron chi connectivity index (χ2n) is 5.95. The van der Waals surface area contributed by atoms with Crippen LogP contribution in [0.4, 0.5) is 0 Å². The average molecular weight is 344 g/mol. The van der Waals surface area contributed by atoms with E-state index in [9.17, 15) is 4.79 Å².